The predicted molar refractivity (Wildman–Crippen MR) is 124 cm³/mol. The highest BCUT2D eigenvalue weighted by Gasteiger charge is 2.23. The summed E-state index contributed by atoms with van der Waals surface area (Å²) in [5.41, 5.74) is 7.23. The van der Waals surface area contributed by atoms with Crippen molar-refractivity contribution in [1.29, 1.82) is 0 Å². The Hall–Kier alpha value is -3.09. The number of aromatic nitrogens is 1. The molecule has 0 fully saturated rings. The first-order valence-electron chi connectivity index (χ1n) is 9.96. The summed E-state index contributed by atoms with van der Waals surface area (Å²) < 4.78 is 27.4. The first-order chi connectivity index (χ1) is 14.9. The van der Waals surface area contributed by atoms with Crippen molar-refractivity contribution in [2.75, 3.05) is 0 Å². The summed E-state index contributed by atoms with van der Waals surface area (Å²) in [4.78, 5) is 2.62. The molecule has 2 aromatic heterocycles. The molecule has 4 aromatic rings. The van der Waals surface area contributed by atoms with Gasteiger partial charge in [-0.05, 0) is 67.3 Å². The SMILES string of the molecule is Cc1ccc(S(=O)(=O)NN=C2CCc3c(-c4ccc(Cl)cc4)cn4cccc2c34)cc1. The lowest BCUT2D eigenvalue weighted by Gasteiger charge is -2.17. The number of rotatable bonds is 4. The fourth-order valence-corrected chi connectivity index (χ4v) is 4.99. The summed E-state index contributed by atoms with van der Waals surface area (Å²) in [5.74, 6) is 0. The zero-order valence-corrected chi connectivity index (χ0v) is 18.4. The van der Waals surface area contributed by atoms with Gasteiger partial charge in [-0.1, -0.05) is 41.4 Å². The Morgan fingerprint density at radius 3 is 2.45 bits per heavy atom. The van der Waals surface area contributed by atoms with E-state index in [4.69, 9.17) is 11.6 Å². The lowest BCUT2D eigenvalue weighted by Crippen LogP contribution is -2.22. The Morgan fingerprint density at radius 2 is 1.71 bits per heavy atom. The molecule has 0 atom stereocenters. The predicted octanol–water partition coefficient (Wildman–Crippen LogP) is 5.20. The lowest BCUT2D eigenvalue weighted by molar-refractivity contribution is 0.584. The van der Waals surface area contributed by atoms with E-state index in [1.54, 1.807) is 24.3 Å². The molecule has 0 aliphatic heterocycles. The van der Waals surface area contributed by atoms with E-state index in [0.29, 0.717) is 11.4 Å². The molecule has 5 rings (SSSR count). The molecule has 1 N–H and O–H groups in total. The van der Waals surface area contributed by atoms with E-state index in [2.05, 4.69) is 20.5 Å². The number of nitrogens with one attached hydrogen (secondary N) is 1. The normalized spacial score (nSPS) is 14.8. The highest BCUT2D eigenvalue weighted by Crippen LogP contribution is 2.35. The van der Waals surface area contributed by atoms with Crippen LogP contribution >= 0.6 is 11.6 Å². The molecule has 2 heterocycles. The van der Waals surface area contributed by atoms with E-state index in [9.17, 15) is 8.42 Å². The number of benzene rings is 2. The quantitative estimate of drug-likeness (QED) is 0.435. The molecule has 0 unspecified atom stereocenters. The topological polar surface area (TPSA) is 62.9 Å². The monoisotopic (exact) mass is 449 g/mol. The van der Waals surface area contributed by atoms with E-state index in [1.165, 1.54) is 5.56 Å². The Morgan fingerprint density at radius 1 is 0.968 bits per heavy atom. The summed E-state index contributed by atoms with van der Waals surface area (Å²) >= 11 is 6.05. The Labute approximate surface area is 186 Å². The highest BCUT2D eigenvalue weighted by atomic mass is 35.5. The maximum atomic E-state index is 12.7. The van der Waals surface area contributed by atoms with Crippen molar-refractivity contribution in [3.63, 3.8) is 0 Å². The number of aryl methyl sites for hydroxylation is 2. The van der Waals surface area contributed by atoms with Gasteiger partial charge in [0.1, 0.15) is 0 Å². The van der Waals surface area contributed by atoms with Gasteiger partial charge >= 0.3 is 0 Å². The third-order valence-electron chi connectivity index (χ3n) is 5.61. The Balaban J connectivity index is 1.54. The van der Waals surface area contributed by atoms with Crippen LogP contribution in [0.3, 0.4) is 0 Å². The smallest absolute Gasteiger partial charge is 0.276 e. The maximum absolute atomic E-state index is 12.7. The molecule has 31 heavy (non-hydrogen) atoms. The van der Waals surface area contributed by atoms with E-state index < -0.39 is 10.0 Å². The zero-order valence-electron chi connectivity index (χ0n) is 16.8. The maximum Gasteiger partial charge on any atom is 0.276 e. The average Bonchev–Trinajstić information content (AvgIpc) is 3.14. The molecular weight excluding hydrogens is 430 g/mol. The minimum atomic E-state index is -3.72. The van der Waals surface area contributed by atoms with Crippen LogP contribution in [0.2, 0.25) is 5.02 Å². The van der Waals surface area contributed by atoms with Crippen LogP contribution in [0.15, 0.2) is 83.1 Å². The molecule has 0 saturated carbocycles. The largest absolute Gasteiger partial charge is 0.322 e. The fraction of sp³-hybridized carbons (Fsp3) is 0.125. The highest BCUT2D eigenvalue weighted by molar-refractivity contribution is 7.89. The first-order valence-corrected chi connectivity index (χ1v) is 11.8. The van der Waals surface area contributed by atoms with Crippen LogP contribution < -0.4 is 4.83 Å². The molecule has 0 radical (unpaired) electrons. The van der Waals surface area contributed by atoms with Crippen molar-refractivity contribution in [3.05, 3.63) is 94.8 Å². The van der Waals surface area contributed by atoms with Crippen molar-refractivity contribution in [3.8, 4) is 11.1 Å². The van der Waals surface area contributed by atoms with Crippen molar-refractivity contribution < 1.29 is 8.42 Å². The lowest BCUT2D eigenvalue weighted by atomic mass is 9.91. The summed E-state index contributed by atoms with van der Waals surface area (Å²) in [5, 5.41) is 5.02. The number of nitrogens with zero attached hydrogens (tertiary/aromatic N) is 2. The number of pyridine rings is 1. The van der Waals surface area contributed by atoms with Crippen LogP contribution in [-0.2, 0) is 16.4 Å². The second-order valence-corrected chi connectivity index (χ2v) is 9.77. The van der Waals surface area contributed by atoms with E-state index in [1.807, 2.05) is 49.5 Å². The van der Waals surface area contributed by atoms with Crippen molar-refractivity contribution in [1.82, 2.24) is 9.23 Å². The van der Waals surface area contributed by atoms with Gasteiger partial charge in [-0.2, -0.15) is 18.4 Å². The summed E-state index contributed by atoms with van der Waals surface area (Å²) in [6, 6.07) is 18.5. The van der Waals surface area contributed by atoms with Crippen molar-refractivity contribution in [2.24, 2.45) is 5.10 Å². The third kappa shape index (κ3) is 3.62. The standard InChI is InChI=1S/C24H20ClN3O2S/c1-16-4-10-19(11-5-16)31(29,30)27-26-23-13-12-20-22(17-6-8-18(25)9-7-17)15-28-14-2-3-21(23)24(20)28/h2-11,14-15,27H,12-13H2,1H3. The molecule has 7 heteroatoms. The van der Waals surface area contributed by atoms with Gasteiger partial charge in [-0.15, -0.1) is 0 Å². The van der Waals surface area contributed by atoms with Gasteiger partial charge in [0.15, 0.2) is 0 Å². The molecule has 156 valence electrons. The molecule has 1 aliphatic rings. The molecule has 0 amide bonds. The molecule has 0 bridgehead atoms. The van der Waals surface area contributed by atoms with Crippen LogP contribution in [-0.4, -0.2) is 18.5 Å². The van der Waals surface area contributed by atoms with Crippen LogP contribution in [0.25, 0.3) is 16.6 Å². The second-order valence-electron chi connectivity index (χ2n) is 7.67. The van der Waals surface area contributed by atoms with Gasteiger partial charge in [0.25, 0.3) is 10.0 Å². The number of halogens is 1. The number of sulfonamides is 1. The zero-order chi connectivity index (χ0) is 21.6. The number of hydrazone groups is 1. The second kappa shape index (κ2) is 7.55. The van der Waals surface area contributed by atoms with Gasteiger partial charge in [-0.25, -0.2) is 0 Å². The molecule has 0 saturated heterocycles. The fourth-order valence-electron chi connectivity index (χ4n) is 4.04. The van der Waals surface area contributed by atoms with E-state index >= 15 is 0 Å². The molecule has 2 aromatic carbocycles. The van der Waals surface area contributed by atoms with Crippen LogP contribution in [0.1, 0.15) is 23.1 Å². The van der Waals surface area contributed by atoms with Crippen molar-refractivity contribution in [2.45, 2.75) is 24.7 Å². The van der Waals surface area contributed by atoms with Crippen LogP contribution in [0, 0.1) is 6.92 Å². The van der Waals surface area contributed by atoms with Gasteiger partial charge in [0, 0.05) is 28.5 Å². The van der Waals surface area contributed by atoms with Crippen molar-refractivity contribution >= 4 is 32.9 Å². The third-order valence-corrected chi connectivity index (χ3v) is 7.09. The van der Waals surface area contributed by atoms with Gasteiger partial charge in [0.05, 0.1) is 16.1 Å². The summed E-state index contributed by atoms with van der Waals surface area (Å²) in [6.07, 6.45) is 5.53. The average molecular weight is 450 g/mol. The molecule has 1 aliphatic carbocycles. The van der Waals surface area contributed by atoms with Crippen LogP contribution in [0.4, 0.5) is 0 Å². The van der Waals surface area contributed by atoms with E-state index in [-0.39, 0.29) is 4.90 Å². The Kier molecular flexibility index (Phi) is 4.84. The van der Waals surface area contributed by atoms with Gasteiger partial charge in [0.2, 0.25) is 0 Å². The van der Waals surface area contributed by atoms with Gasteiger partial charge < -0.3 is 4.40 Å². The minimum absolute atomic E-state index is 0.199. The van der Waals surface area contributed by atoms with E-state index in [0.717, 1.165) is 39.9 Å². The van der Waals surface area contributed by atoms with Crippen LogP contribution in [0.5, 0.6) is 0 Å². The number of hydrogen-bond donors (Lipinski definition) is 1. The van der Waals surface area contributed by atoms with Gasteiger partial charge in [-0.3, -0.25) is 0 Å². The summed E-state index contributed by atoms with van der Waals surface area (Å²) in [7, 11) is -3.72. The molecular formula is C24H20ClN3O2S. The molecule has 0 spiro atoms. The number of hydrogen-bond acceptors (Lipinski definition) is 3. The first kappa shape index (κ1) is 19.8. The minimum Gasteiger partial charge on any atom is -0.322 e. The molecule has 5 nitrogen and oxygen atoms in total. The Bertz CT molecular complexity index is 1420. The summed E-state index contributed by atoms with van der Waals surface area (Å²) in [6.45, 7) is 1.92.